The lowest BCUT2D eigenvalue weighted by molar-refractivity contribution is -0.139. The van der Waals surface area contributed by atoms with Crippen molar-refractivity contribution in [2.45, 2.75) is 64.2 Å². The molecule has 0 bridgehead atoms. The van der Waals surface area contributed by atoms with Gasteiger partial charge in [-0.05, 0) is 110 Å². The maximum absolute atomic E-state index is 11.4. The van der Waals surface area contributed by atoms with Crippen molar-refractivity contribution in [2.75, 3.05) is 102 Å². The van der Waals surface area contributed by atoms with Gasteiger partial charge in [0.1, 0.15) is 6.61 Å². The Morgan fingerprint density at radius 3 is 0.682 bits per heavy atom. The summed E-state index contributed by atoms with van der Waals surface area (Å²) in [6, 6.07) is 48.2. The predicted molar refractivity (Wildman–Crippen MR) is 338 cm³/mol. The molecule has 0 unspecified atom stereocenters. The lowest BCUT2D eigenvalue weighted by Gasteiger charge is -2.02. The highest BCUT2D eigenvalue weighted by atomic mass is 16.6. The fraction of sp³-hybridized carbons (Fsp3) is 0.357. The van der Waals surface area contributed by atoms with Gasteiger partial charge in [0.2, 0.25) is 0 Å². The molecule has 5 rings (SSSR count). The van der Waals surface area contributed by atoms with E-state index in [4.69, 9.17) is 47.4 Å². The second kappa shape index (κ2) is 56.4. The molecule has 0 saturated heterocycles. The van der Waals surface area contributed by atoms with Gasteiger partial charge in [0.05, 0.1) is 33.0 Å². The number of carbonyl (C=O) groups is 5. The molecule has 0 saturated carbocycles. The molecule has 15 nitrogen and oxygen atoms in total. The minimum atomic E-state index is -0.351. The molecule has 15 heteroatoms. The molecule has 0 fully saturated rings. The van der Waals surface area contributed by atoms with Crippen LogP contribution in [-0.2, 0) is 71.3 Å². The predicted octanol–water partition coefficient (Wildman–Crippen LogP) is 13.3. The van der Waals surface area contributed by atoms with Gasteiger partial charge in [-0.15, -0.1) is 0 Å². The number of hydrogen-bond acceptors (Lipinski definition) is 15. The Morgan fingerprint density at radius 2 is 0.424 bits per heavy atom. The van der Waals surface area contributed by atoms with E-state index in [1.54, 1.807) is 65.9 Å². The van der Waals surface area contributed by atoms with Gasteiger partial charge in [-0.1, -0.05) is 158 Å². The molecular formula is C70H90O15. The van der Waals surface area contributed by atoms with Crippen LogP contribution >= 0.6 is 0 Å². The van der Waals surface area contributed by atoms with E-state index in [-0.39, 0.29) is 36.5 Å². The highest BCUT2D eigenvalue weighted by Crippen LogP contribution is 2.07. The lowest BCUT2D eigenvalue weighted by atomic mass is 10.2. The van der Waals surface area contributed by atoms with Crippen molar-refractivity contribution in [1.29, 1.82) is 0 Å². The van der Waals surface area contributed by atoms with E-state index < -0.39 is 0 Å². The molecule has 0 radical (unpaired) electrons. The summed E-state index contributed by atoms with van der Waals surface area (Å²) in [5.41, 5.74) is 4.94. The van der Waals surface area contributed by atoms with Gasteiger partial charge in [0.15, 0.2) is 0 Å². The monoisotopic (exact) mass is 1170 g/mol. The van der Waals surface area contributed by atoms with Crippen molar-refractivity contribution < 1.29 is 71.3 Å². The molecule has 0 spiro atoms. The van der Waals surface area contributed by atoms with E-state index in [1.807, 2.05) is 152 Å². The summed E-state index contributed by atoms with van der Waals surface area (Å²) in [7, 11) is 8.24. The molecular weight excluding hydrogens is 1080 g/mol. The van der Waals surface area contributed by atoms with E-state index in [2.05, 4.69) is 0 Å². The Balaban J connectivity index is 0.000000532. The standard InChI is InChI=1S/C16H22O3.C15H20O3.C14H18O3.C13H16O3.C12H14O3/c1-18-13-7-2-3-8-14-19-16(17)12-11-15-9-5-4-6-10-15;1-17-12-6-3-7-13-18-15(16)11-10-14-8-4-2-5-9-14;1-16-11-5-6-12-17-14(15)10-9-13-7-3-2-4-8-13;1-15-10-5-11-16-13(14)9-8-12-6-3-2-4-7-12;1-14-9-10-15-12(13)8-7-11-5-3-2-4-6-11/h4-6,9-12H,2-3,7-8,13-14H2,1H3;2,4-5,8-11H,3,6-7,12-13H2,1H3;2-4,7-10H,5-6,11-12H2,1H3;2-4,6-9H,5,10-11H2,1H3;2-8H,9-10H2,1H3/b12-11+;11-10+;10-9+;9-8+;8-7+. The second-order valence-corrected chi connectivity index (χ2v) is 18.1. The Kier molecular flexibility index (Phi) is 49.8. The summed E-state index contributed by atoms with van der Waals surface area (Å²) in [6.07, 6.45) is 25.5. The molecule has 5 aromatic carbocycles. The summed E-state index contributed by atoms with van der Waals surface area (Å²) >= 11 is 0. The first-order valence-corrected chi connectivity index (χ1v) is 28.6. The zero-order valence-corrected chi connectivity index (χ0v) is 50.5. The van der Waals surface area contributed by atoms with Crippen molar-refractivity contribution in [2.24, 2.45) is 0 Å². The van der Waals surface area contributed by atoms with Crippen LogP contribution in [0.1, 0.15) is 92.0 Å². The van der Waals surface area contributed by atoms with E-state index in [0.717, 1.165) is 105 Å². The van der Waals surface area contributed by atoms with Crippen LogP contribution in [0, 0.1) is 0 Å². The quantitative estimate of drug-likeness (QED) is 0.0162. The Hall–Kier alpha value is -8.05. The zero-order chi connectivity index (χ0) is 61.7. The van der Waals surface area contributed by atoms with Crippen LogP contribution in [0.5, 0.6) is 0 Å². The topological polar surface area (TPSA) is 178 Å². The number of methoxy groups -OCH3 is 5. The number of carbonyl (C=O) groups excluding carboxylic acids is 5. The minimum Gasteiger partial charge on any atom is -0.463 e. The second-order valence-electron chi connectivity index (χ2n) is 18.1. The summed E-state index contributed by atoms with van der Waals surface area (Å²) in [5.74, 6) is -1.53. The third kappa shape index (κ3) is 49.1. The fourth-order valence-corrected chi connectivity index (χ4v) is 6.58. The zero-order valence-electron chi connectivity index (χ0n) is 50.5. The van der Waals surface area contributed by atoms with Gasteiger partial charge in [0, 0.05) is 98.8 Å². The average Bonchev–Trinajstić information content (AvgIpc) is 3.55. The summed E-state index contributed by atoms with van der Waals surface area (Å²) in [6.45, 7) is 5.40. The molecule has 0 amide bonds. The van der Waals surface area contributed by atoms with E-state index >= 15 is 0 Å². The molecule has 85 heavy (non-hydrogen) atoms. The molecule has 460 valence electrons. The summed E-state index contributed by atoms with van der Waals surface area (Å²) in [4.78, 5) is 56.5. The van der Waals surface area contributed by atoms with Crippen LogP contribution in [0.25, 0.3) is 30.4 Å². The van der Waals surface area contributed by atoms with Gasteiger partial charge in [0.25, 0.3) is 0 Å². The van der Waals surface area contributed by atoms with Crippen molar-refractivity contribution in [3.63, 3.8) is 0 Å². The number of rotatable bonds is 35. The lowest BCUT2D eigenvalue weighted by Crippen LogP contribution is -2.06. The van der Waals surface area contributed by atoms with E-state index in [0.29, 0.717) is 46.2 Å². The normalized spacial score (nSPS) is 10.6. The van der Waals surface area contributed by atoms with Crippen LogP contribution in [-0.4, -0.2) is 131 Å². The molecule has 0 heterocycles. The van der Waals surface area contributed by atoms with Crippen LogP contribution in [0.4, 0.5) is 0 Å². The molecule has 0 aliphatic rings. The molecule has 0 aliphatic carbocycles. The van der Waals surface area contributed by atoms with Crippen LogP contribution in [0.3, 0.4) is 0 Å². The van der Waals surface area contributed by atoms with Crippen LogP contribution in [0.15, 0.2) is 182 Å². The number of hydrogen-bond donors (Lipinski definition) is 0. The Bertz CT molecular complexity index is 2550. The number of benzene rings is 5. The Morgan fingerprint density at radius 1 is 0.235 bits per heavy atom. The smallest absolute Gasteiger partial charge is 0.330 e. The van der Waals surface area contributed by atoms with Crippen molar-refractivity contribution in [3.8, 4) is 0 Å². The first kappa shape index (κ1) is 75.0. The summed E-state index contributed by atoms with van der Waals surface area (Å²) in [5, 5.41) is 0. The molecule has 0 aromatic heterocycles. The first-order chi connectivity index (χ1) is 41.6. The van der Waals surface area contributed by atoms with Crippen LogP contribution in [0.2, 0.25) is 0 Å². The van der Waals surface area contributed by atoms with Crippen molar-refractivity contribution in [3.05, 3.63) is 210 Å². The average molecular weight is 1170 g/mol. The molecule has 0 N–H and O–H groups in total. The minimum absolute atomic E-state index is 0.277. The van der Waals surface area contributed by atoms with Gasteiger partial charge < -0.3 is 47.4 Å². The largest absolute Gasteiger partial charge is 0.463 e. The SMILES string of the molecule is COCCCCCCOC(=O)/C=C/c1ccccc1.COCCCCCOC(=O)/C=C/c1ccccc1.COCCCCOC(=O)/C=C/c1ccccc1.COCCCOC(=O)/C=C/c1ccccc1.COCCOC(=O)/C=C/c1ccccc1. The molecule has 0 aliphatic heterocycles. The fourth-order valence-electron chi connectivity index (χ4n) is 6.58. The van der Waals surface area contributed by atoms with Gasteiger partial charge >= 0.3 is 29.8 Å². The highest BCUT2D eigenvalue weighted by molar-refractivity contribution is 5.89. The third-order valence-electron chi connectivity index (χ3n) is 11.0. The van der Waals surface area contributed by atoms with Crippen LogP contribution < -0.4 is 0 Å². The van der Waals surface area contributed by atoms with Crippen molar-refractivity contribution >= 4 is 60.2 Å². The summed E-state index contributed by atoms with van der Waals surface area (Å²) < 4.78 is 49.4. The van der Waals surface area contributed by atoms with Gasteiger partial charge in [-0.2, -0.15) is 0 Å². The molecule has 0 atom stereocenters. The number of esters is 5. The van der Waals surface area contributed by atoms with Gasteiger partial charge in [-0.25, -0.2) is 24.0 Å². The first-order valence-electron chi connectivity index (χ1n) is 28.6. The Labute approximate surface area is 505 Å². The maximum Gasteiger partial charge on any atom is 0.330 e. The van der Waals surface area contributed by atoms with E-state index in [1.165, 1.54) is 30.4 Å². The van der Waals surface area contributed by atoms with Crippen molar-refractivity contribution in [1.82, 2.24) is 0 Å². The number of unbranched alkanes of at least 4 members (excludes halogenated alkanes) is 6. The maximum atomic E-state index is 11.4. The molecule has 5 aromatic rings. The number of ether oxygens (including phenoxy) is 10. The third-order valence-corrected chi connectivity index (χ3v) is 11.0. The van der Waals surface area contributed by atoms with Gasteiger partial charge in [-0.3, -0.25) is 0 Å². The highest BCUT2D eigenvalue weighted by Gasteiger charge is 2.01. The van der Waals surface area contributed by atoms with E-state index in [9.17, 15) is 24.0 Å².